The summed E-state index contributed by atoms with van der Waals surface area (Å²) < 4.78 is 5.69. The van der Waals surface area contributed by atoms with Gasteiger partial charge in [-0.1, -0.05) is 30.3 Å². The quantitative estimate of drug-likeness (QED) is 0.499. The number of hydrogen-bond acceptors (Lipinski definition) is 5. The third-order valence-electron chi connectivity index (χ3n) is 4.14. The van der Waals surface area contributed by atoms with Crippen molar-refractivity contribution in [1.82, 2.24) is 10.3 Å². The van der Waals surface area contributed by atoms with Gasteiger partial charge < -0.3 is 10.1 Å². The lowest BCUT2D eigenvalue weighted by Gasteiger charge is -2.09. The van der Waals surface area contributed by atoms with Gasteiger partial charge >= 0.3 is 0 Å². The van der Waals surface area contributed by atoms with Crippen molar-refractivity contribution in [3.63, 3.8) is 0 Å². The fourth-order valence-corrected chi connectivity index (χ4v) is 2.66. The molecule has 0 spiro atoms. The van der Waals surface area contributed by atoms with E-state index in [2.05, 4.69) is 10.3 Å². The van der Waals surface area contributed by atoms with E-state index >= 15 is 0 Å². The van der Waals surface area contributed by atoms with E-state index in [1.165, 1.54) is 18.2 Å². The third-order valence-corrected chi connectivity index (χ3v) is 4.14. The molecule has 0 radical (unpaired) electrons. The van der Waals surface area contributed by atoms with Crippen LogP contribution in [0.1, 0.15) is 27.0 Å². The van der Waals surface area contributed by atoms with E-state index in [-0.39, 0.29) is 11.6 Å². The van der Waals surface area contributed by atoms with Crippen molar-refractivity contribution in [2.75, 3.05) is 0 Å². The van der Waals surface area contributed by atoms with Gasteiger partial charge in [0.1, 0.15) is 6.61 Å². The Morgan fingerprint density at radius 2 is 1.89 bits per heavy atom. The van der Waals surface area contributed by atoms with Gasteiger partial charge in [-0.05, 0) is 36.2 Å². The predicted octanol–water partition coefficient (Wildman–Crippen LogP) is 3.81. The fraction of sp³-hybridized carbons (Fsp3) is 0.143. The zero-order valence-corrected chi connectivity index (χ0v) is 15.3. The number of hydrogen-bond donors (Lipinski definition) is 1. The molecule has 7 nitrogen and oxygen atoms in total. The molecule has 1 N–H and O–H groups in total. The number of benzene rings is 2. The summed E-state index contributed by atoms with van der Waals surface area (Å²) in [6.07, 6.45) is 1.62. The lowest BCUT2D eigenvalue weighted by molar-refractivity contribution is -0.385. The molecule has 3 rings (SSSR count). The van der Waals surface area contributed by atoms with Crippen LogP contribution in [0.2, 0.25) is 0 Å². The normalized spacial score (nSPS) is 10.3. The summed E-state index contributed by atoms with van der Waals surface area (Å²) in [5, 5.41) is 13.7. The van der Waals surface area contributed by atoms with E-state index in [9.17, 15) is 14.9 Å². The van der Waals surface area contributed by atoms with E-state index in [0.717, 1.165) is 11.1 Å². The van der Waals surface area contributed by atoms with Crippen molar-refractivity contribution in [2.24, 2.45) is 0 Å². The molecule has 0 saturated carbocycles. The third kappa shape index (κ3) is 4.91. The van der Waals surface area contributed by atoms with E-state index in [1.807, 2.05) is 30.3 Å². The highest BCUT2D eigenvalue weighted by Gasteiger charge is 2.13. The van der Waals surface area contributed by atoms with Crippen LogP contribution in [0.25, 0.3) is 0 Å². The summed E-state index contributed by atoms with van der Waals surface area (Å²) in [5.74, 6) is 0.170. The molecule has 1 amide bonds. The van der Waals surface area contributed by atoms with Crippen molar-refractivity contribution in [3.8, 4) is 5.88 Å². The summed E-state index contributed by atoms with van der Waals surface area (Å²) in [4.78, 5) is 26.9. The molecule has 0 bridgehead atoms. The first-order valence-corrected chi connectivity index (χ1v) is 8.68. The van der Waals surface area contributed by atoms with Gasteiger partial charge in [-0.3, -0.25) is 14.9 Å². The molecule has 0 aliphatic carbocycles. The number of carbonyl (C=O) groups is 1. The number of nitrogens with zero attached hydrogens (tertiary/aromatic N) is 2. The van der Waals surface area contributed by atoms with Crippen LogP contribution in [-0.4, -0.2) is 15.8 Å². The second kappa shape index (κ2) is 8.77. The van der Waals surface area contributed by atoms with Crippen LogP contribution in [0, 0.1) is 17.0 Å². The van der Waals surface area contributed by atoms with E-state index in [1.54, 1.807) is 25.3 Å². The predicted molar refractivity (Wildman–Crippen MR) is 104 cm³/mol. The summed E-state index contributed by atoms with van der Waals surface area (Å²) in [6, 6.07) is 17.6. The molecule has 7 heteroatoms. The van der Waals surface area contributed by atoms with E-state index in [4.69, 9.17) is 4.74 Å². The highest BCUT2D eigenvalue weighted by molar-refractivity contribution is 5.94. The van der Waals surface area contributed by atoms with Gasteiger partial charge in [-0.2, -0.15) is 0 Å². The number of amides is 1. The number of nitrogens with one attached hydrogen (secondary N) is 1. The van der Waals surface area contributed by atoms with Gasteiger partial charge in [-0.15, -0.1) is 0 Å². The largest absolute Gasteiger partial charge is 0.473 e. The lowest BCUT2D eigenvalue weighted by Crippen LogP contribution is -2.23. The number of carbonyl (C=O) groups excluding carboxylic acids is 1. The zero-order valence-electron chi connectivity index (χ0n) is 15.3. The smallest absolute Gasteiger partial charge is 0.272 e. The molecule has 1 aromatic heterocycles. The number of aryl methyl sites for hydroxylation is 1. The minimum absolute atomic E-state index is 0.00843. The fourth-order valence-electron chi connectivity index (χ4n) is 2.66. The Balaban J connectivity index is 1.59. The van der Waals surface area contributed by atoms with E-state index in [0.29, 0.717) is 30.2 Å². The van der Waals surface area contributed by atoms with Crippen LogP contribution < -0.4 is 10.1 Å². The number of pyridine rings is 1. The van der Waals surface area contributed by atoms with Crippen molar-refractivity contribution in [3.05, 3.63) is 99.2 Å². The molecule has 142 valence electrons. The monoisotopic (exact) mass is 377 g/mol. The summed E-state index contributed by atoms with van der Waals surface area (Å²) >= 11 is 0. The topological polar surface area (TPSA) is 94.4 Å². The Morgan fingerprint density at radius 1 is 1.11 bits per heavy atom. The van der Waals surface area contributed by atoms with E-state index < -0.39 is 4.92 Å². The average Bonchev–Trinajstić information content (AvgIpc) is 2.71. The van der Waals surface area contributed by atoms with Gasteiger partial charge in [0.2, 0.25) is 5.88 Å². The first-order valence-electron chi connectivity index (χ1n) is 8.68. The van der Waals surface area contributed by atoms with Crippen molar-refractivity contribution in [1.29, 1.82) is 0 Å². The van der Waals surface area contributed by atoms with Crippen molar-refractivity contribution < 1.29 is 14.5 Å². The standard InChI is InChI=1S/C21H19N3O4/c1-15-11-18(7-8-19(15)24(26)27)21(25)23-13-17-9-10-22-20(12-17)28-14-16-5-3-2-4-6-16/h2-12H,13-14H2,1H3,(H,23,25). The first-order chi connectivity index (χ1) is 13.5. The molecule has 28 heavy (non-hydrogen) atoms. The molecule has 0 fully saturated rings. The van der Waals surface area contributed by atoms with Crippen LogP contribution in [0.3, 0.4) is 0 Å². The van der Waals surface area contributed by atoms with Crippen molar-refractivity contribution in [2.45, 2.75) is 20.1 Å². The first kappa shape index (κ1) is 19.0. The van der Waals surface area contributed by atoms with Gasteiger partial charge in [0, 0.05) is 36.0 Å². The Hall–Kier alpha value is -3.74. The molecule has 0 saturated heterocycles. The van der Waals surface area contributed by atoms with Crippen LogP contribution in [-0.2, 0) is 13.2 Å². The molecule has 2 aromatic carbocycles. The van der Waals surface area contributed by atoms with Gasteiger partial charge in [-0.25, -0.2) is 4.98 Å². The van der Waals surface area contributed by atoms with Crippen LogP contribution in [0.4, 0.5) is 5.69 Å². The van der Waals surface area contributed by atoms with Crippen LogP contribution in [0.5, 0.6) is 5.88 Å². The van der Waals surface area contributed by atoms with Crippen LogP contribution in [0.15, 0.2) is 66.9 Å². The van der Waals surface area contributed by atoms with Gasteiger partial charge in [0.05, 0.1) is 4.92 Å². The number of ether oxygens (including phenoxy) is 1. The van der Waals surface area contributed by atoms with Crippen molar-refractivity contribution >= 4 is 11.6 Å². The second-order valence-electron chi connectivity index (χ2n) is 6.22. The summed E-state index contributed by atoms with van der Waals surface area (Å²) in [6.45, 7) is 2.30. The maximum Gasteiger partial charge on any atom is 0.272 e. The minimum atomic E-state index is -0.467. The summed E-state index contributed by atoms with van der Waals surface area (Å²) in [5.41, 5.74) is 2.68. The number of aromatic nitrogens is 1. The molecule has 0 aliphatic rings. The number of nitro groups is 1. The van der Waals surface area contributed by atoms with Crippen LogP contribution >= 0.6 is 0 Å². The Labute approximate surface area is 162 Å². The maximum absolute atomic E-state index is 12.3. The summed E-state index contributed by atoms with van der Waals surface area (Å²) in [7, 11) is 0. The molecular weight excluding hydrogens is 358 g/mol. The number of rotatable bonds is 7. The highest BCUT2D eigenvalue weighted by atomic mass is 16.6. The second-order valence-corrected chi connectivity index (χ2v) is 6.22. The number of nitro benzene ring substituents is 1. The molecule has 3 aromatic rings. The lowest BCUT2D eigenvalue weighted by atomic mass is 10.1. The molecular formula is C21H19N3O4. The Kier molecular flexibility index (Phi) is 5.96. The highest BCUT2D eigenvalue weighted by Crippen LogP contribution is 2.19. The van der Waals surface area contributed by atoms with Gasteiger partial charge in [0.25, 0.3) is 11.6 Å². The average molecular weight is 377 g/mol. The molecule has 1 heterocycles. The zero-order chi connectivity index (χ0) is 19.9. The molecule has 0 unspecified atom stereocenters. The Morgan fingerprint density at radius 3 is 2.61 bits per heavy atom. The SMILES string of the molecule is Cc1cc(C(=O)NCc2ccnc(OCc3ccccc3)c2)ccc1[N+](=O)[O-]. The minimum Gasteiger partial charge on any atom is -0.473 e. The molecule has 0 aliphatic heterocycles. The Bertz CT molecular complexity index is 990. The maximum atomic E-state index is 12.3. The molecule has 0 atom stereocenters. The van der Waals surface area contributed by atoms with Gasteiger partial charge in [0.15, 0.2) is 0 Å².